The second-order valence-corrected chi connectivity index (χ2v) is 8.17. The van der Waals surface area contributed by atoms with E-state index in [4.69, 9.17) is 9.26 Å². The molecule has 0 saturated carbocycles. The van der Waals surface area contributed by atoms with Crippen molar-refractivity contribution in [1.82, 2.24) is 10.1 Å². The number of nitrogens with zero attached hydrogens (tertiary/aromatic N) is 2. The minimum absolute atomic E-state index is 0.0267. The predicted molar refractivity (Wildman–Crippen MR) is 111 cm³/mol. The number of ether oxygens (including phenoxy) is 1. The van der Waals surface area contributed by atoms with E-state index in [1.54, 1.807) is 19.9 Å². The largest absolute Gasteiger partial charge is 0.449 e. The molecular weight excluding hydrogens is 424 g/mol. The van der Waals surface area contributed by atoms with Gasteiger partial charge < -0.3 is 14.6 Å². The van der Waals surface area contributed by atoms with Crippen molar-refractivity contribution >= 4 is 33.4 Å². The van der Waals surface area contributed by atoms with E-state index in [9.17, 15) is 18.0 Å². The number of amides is 1. The summed E-state index contributed by atoms with van der Waals surface area (Å²) in [6.07, 6.45) is 2.10. The fourth-order valence-electron chi connectivity index (χ4n) is 2.55. The van der Waals surface area contributed by atoms with E-state index in [1.807, 2.05) is 0 Å². The van der Waals surface area contributed by atoms with Gasteiger partial charge in [-0.3, -0.25) is 14.5 Å². The van der Waals surface area contributed by atoms with Crippen LogP contribution in [0.1, 0.15) is 29.5 Å². The lowest BCUT2D eigenvalue weighted by molar-refractivity contribution is -0.124. The highest BCUT2D eigenvalue weighted by Crippen LogP contribution is 2.19. The van der Waals surface area contributed by atoms with Crippen molar-refractivity contribution in [3.05, 3.63) is 66.2 Å². The van der Waals surface area contributed by atoms with E-state index in [0.29, 0.717) is 11.4 Å². The molecule has 0 saturated heterocycles. The Morgan fingerprint density at radius 3 is 2.52 bits per heavy atom. The molecule has 2 N–H and O–H groups in total. The van der Waals surface area contributed by atoms with Crippen molar-refractivity contribution in [3.63, 3.8) is 0 Å². The van der Waals surface area contributed by atoms with Crippen molar-refractivity contribution in [2.24, 2.45) is 0 Å². The number of aryl methyl sites for hydroxylation is 1. The van der Waals surface area contributed by atoms with Gasteiger partial charge in [-0.15, -0.1) is 0 Å². The number of sulfonamides is 1. The maximum Gasteiger partial charge on any atom is 0.340 e. The molecule has 0 aliphatic heterocycles. The molecule has 0 aliphatic rings. The van der Waals surface area contributed by atoms with Crippen molar-refractivity contribution in [2.45, 2.75) is 31.3 Å². The van der Waals surface area contributed by atoms with Crippen molar-refractivity contribution in [3.8, 4) is 0 Å². The van der Waals surface area contributed by atoms with Crippen LogP contribution in [0.2, 0.25) is 0 Å². The first-order valence-corrected chi connectivity index (χ1v) is 10.7. The van der Waals surface area contributed by atoms with E-state index in [2.05, 4.69) is 20.2 Å². The van der Waals surface area contributed by atoms with E-state index in [0.717, 1.165) is 0 Å². The van der Waals surface area contributed by atoms with Gasteiger partial charge in [-0.05, 0) is 49.7 Å². The third-order valence-corrected chi connectivity index (χ3v) is 5.48. The van der Waals surface area contributed by atoms with E-state index in [1.165, 1.54) is 48.8 Å². The molecule has 0 radical (unpaired) electrons. The van der Waals surface area contributed by atoms with Crippen LogP contribution in [0.4, 0.5) is 11.5 Å². The monoisotopic (exact) mass is 444 g/mol. The molecule has 10 nitrogen and oxygen atoms in total. The Balaban J connectivity index is 1.64. The SMILES string of the molecule is CCC(OC(=O)c1cccnc1)C(=O)Nc1ccc(S(=O)(=O)Nc2cc(C)on2)cc1. The van der Waals surface area contributed by atoms with Gasteiger partial charge in [0, 0.05) is 24.1 Å². The summed E-state index contributed by atoms with van der Waals surface area (Å²) < 4.78 is 37.2. The molecule has 0 bridgehead atoms. The van der Waals surface area contributed by atoms with E-state index in [-0.39, 0.29) is 22.7 Å². The summed E-state index contributed by atoms with van der Waals surface area (Å²) in [5.41, 5.74) is 0.579. The molecule has 1 aromatic carbocycles. The molecule has 0 aliphatic carbocycles. The van der Waals surface area contributed by atoms with Crippen LogP contribution in [-0.4, -0.2) is 36.5 Å². The van der Waals surface area contributed by atoms with Crippen LogP contribution >= 0.6 is 0 Å². The molecule has 2 heterocycles. The summed E-state index contributed by atoms with van der Waals surface area (Å²) in [5.74, 6) is -0.668. The highest BCUT2D eigenvalue weighted by molar-refractivity contribution is 7.92. The summed E-state index contributed by atoms with van der Waals surface area (Å²) >= 11 is 0. The van der Waals surface area contributed by atoms with Crippen LogP contribution in [0.5, 0.6) is 0 Å². The van der Waals surface area contributed by atoms with E-state index >= 15 is 0 Å². The number of esters is 1. The molecule has 162 valence electrons. The molecule has 11 heteroatoms. The topological polar surface area (TPSA) is 140 Å². The van der Waals surface area contributed by atoms with Crippen LogP contribution in [0.25, 0.3) is 0 Å². The smallest absolute Gasteiger partial charge is 0.340 e. The van der Waals surface area contributed by atoms with Gasteiger partial charge in [0.05, 0.1) is 10.5 Å². The molecule has 3 aromatic rings. The van der Waals surface area contributed by atoms with Gasteiger partial charge in [-0.25, -0.2) is 13.2 Å². The lowest BCUT2D eigenvalue weighted by atomic mass is 10.2. The number of pyridine rings is 1. The molecule has 0 spiro atoms. The third kappa shape index (κ3) is 5.66. The number of aromatic nitrogens is 2. The van der Waals surface area contributed by atoms with Gasteiger partial charge in [0.15, 0.2) is 11.9 Å². The zero-order chi connectivity index (χ0) is 22.4. The Morgan fingerprint density at radius 1 is 1.19 bits per heavy atom. The van der Waals surface area contributed by atoms with Crippen molar-refractivity contribution < 1.29 is 27.3 Å². The first-order valence-electron chi connectivity index (χ1n) is 9.26. The molecule has 1 atom stereocenters. The highest BCUT2D eigenvalue weighted by Gasteiger charge is 2.23. The quantitative estimate of drug-likeness (QED) is 0.505. The zero-order valence-electron chi connectivity index (χ0n) is 16.7. The van der Waals surface area contributed by atoms with Crippen LogP contribution in [0, 0.1) is 6.92 Å². The second kappa shape index (κ2) is 9.39. The summed E-state index contributed by atoms with van der Waals surface area (Å²) in [5, 5.41) is 6.20. The van der Waals surface area contributed by atoms with Gasteiger partial charge in [-0.2, -0.15) is 0 Å². The Labute approximate surface area is 178 Å². The van der Waals surface area contributed by atoms with Gasteiger partial charge >= 0.3 is 5.97 Å². The van der Waals surface area contributed by atoms with Crippen molar-refractivity contribution in [2.75, 3.05) is 10.0 Å². The lowest BCUT2D eigenvalue weighted by Crippen LogP contribution is -2.32. The molecule has 2 aromatic heterocycles. The van der Waals surface area contributed by atoms with Crippen molar-refractivity contribution in [1.29, 1.82) is 0 Å². The first kappa shape index (κ1) is 22.0. The molecule has 0 fully saturated rings. The molecule has 1 amide bonds. The van der Waals surface area contributed by atoms with Crippen LogP contribution < -0.4 is 10.0 Å². The molecule has 3 rings (SSSR count). The van der Waals surface area contributed by atoms with E-state index < -0.39 is 28.0 Å². The average Bonchev–Trinajstić information content (AvgIpc) is 3.16. The maximum absolute atomic E-state index is 12.5. The molecule has 1 unspecified atom stereocenters. The minimum atomic E-state index is -3.87. The number of hydrogen-bond acceptors (Lipinski definition) is 8. The standard InChI is InChI=1S/C20H20N4O6S/c1-3-17(29-20(26)14-5-4-10-21-12-14)19(25)22-15-6-8-16(9-7-15)31(27,28)24-18-11-13(2)30-23-18/h4-12,17H,3H2,1-2H3,(H,22,25)(H,23,24). The average molecular weight is 444 g/mol. The molecule has 31 heavy (non-hydrogen) atoms. The Morgan fingerprint density at radius 2 is 1.94 bits per heavy atom. The summed E-state index contributed by atoms with van der Waals surface area (Å²) in [4.78, 5) is 28.4. The Bertz CT molecular complexity index is 1160. The zero-order valence-corrected chi connectivity index (χ0v) is 17.5. The Kier molecular flexibility index (Phi) is 6.65. The third-order valence-electron chi connectivity index (χ3n) is 4.11. The second-order valence-electron chi connectivity index (χ2n) is 6.49. The van der Waals surface area contributed by atoms with Crippen LogP contribution in [-0.2, 0) is 19.6 Å². The molecular formula is C20H20N4O6S. The number of rotatable bonds is 8. The number of carbonyl (C=O) groups is 2. The first-order chi connectivity index (χ1) is 14.8. The number of hydrogen-bond donors (Lipinski definition) is 2. The maximum atomic E-state index is 12.5. The highest BCUT2D eigenvalue weighted by atomic mass is 32.2. The van der Waals surface area contributed by atoms with Crippen LogP contribution in [0.3, 0.4) is 0 Å². The van der Waals surface area contributed by atoms with Gasteiger partial charge in [0.2, 0.25) is 0 Å². The number of anilines is 2. The predicted octanol–water partition coefficient (Wildman–Crippen LogP) is 2.75. The number of carbonyl (C=O) groups excluding carboxylic acids is 2. The summed E-state index contributed by atoms with van der Waals surface area (Å²) in [6.45, 7) is 3.34. The summed E-state index contributed by atoms with van der Waals surface area (Å²) in [6, 6.07) is 10.1. The fourth-order valence-corrected chi connectivity index (χ4v) is 3.54. The fraction of sp³-hybridized carbons (Fsp3) is 0.200. The number of benzene rings is 1. The minimum Gasteiger partial charge on any atom is -0.449 e. The van der Waals surface area contributed by atoms with Gasteiger partial charge in [-0.1, -0.05) is 12.1 Å². The van der Waals surface area contributed by atoms with Gasteiger partial charge in [0.25, 0.3) is 15.9 Å². The summed E-state index contributed by atoms with van der Waals surface area (Å²) in [7, 11) is -3.87. The lowest BCUT2D eigenvalue weighted by Gasteiger charge is -2.16. The normalized spacial score (nSPS) is 12.1. The van der Waals surface area contributed by atoms with Gasteiger partial charge in [0.1, 0.15) is 5.76 Å². The number of nitrogens with one attached hydrogen (secondary N) is 2. The Hall–Kier alpha value is -3.73. The van der Waals surface area contributed by atoms with Crippen LogP contribution in [0.15, 0.2) is 64.3 Å².